The highest BCUT2D eigenvalue weighted by Crippen LogP contribution is 2.40. The Kier molecular flexibility index (Phi) is 5.86. The molecule has 160 valence electrons. The Morgan fingerprint density at radius 1 is 1.10 bits per heavy atom. The van der Waals surface area contributed by atoms with Gasteiger partial charge in [-0.05, 0) is 60.0 Å². The van der Waals surface area contributed by atoms with Gasteiger partial charge in [0.05, 0.1) is 5.69 Å². The number of phenolic OH excluding ortho intramolecular Hbond substituents is 1. The number of pyridine rings is 1. The van der Waals surface area contributed by atoms with E-state index in [2.05, 4.69) is 20.5 Å². The van der Waals surface area contributed by atoms with Crippen molar-refractivity contribution in [1.82, 2.24) is 10.3 Å². The largest absolute Gasteiger partial charge is 0.507 e. The molecule has 0 spiro atoms. The zero-order valence-electron chi connectivity index (χ0n) is 17.6. The van der Waals surface area contributed by atoms with Crippen LogP contribution in [0.1, 0.15) is 12.5 Å². The van der Waals surface area contributed by atoms with Crippen molar-refractivity contribution < 1.29 is 14.3 Å². The van der Waals surface area contributed by atoms with Crippen LogP contribution in [0.2, 0.25) is 0 Å². The molecule has 6 nitrogen and oxygen atoms in total. The van der Waals surface area contributed by atoms with Gasteiger partial charge in [0.25, 0.3) is 0 Å². The molecule has 1 fully saturated rings. The van der Waals surface area contributed by atoms with E-state index in [0.29, 0.717) is 16.7 Å². The summed E-state index contributed by atoms with van der Waals surface area (Å²) in [6, 6.07) is 12.1. The van der Waals surface area contributed by atoms with Crippen molar-refractivity contribution in [3.63, 3.8) is 0 Å². The van der Waals surface area contributed by atoms with E-state index >= 15 is 0 Å². The van der Waals surface area contributed by atoms with Gasteiger partial charge in [-0.1, -0.05) is 6.07 Å². The monoisotopic (exact) mass is 420 g/mol. The van der Waals surface area contributed by atoms with Gasteiger partial charge >= 0.3 is 0 Å². The number of nitrogens with zero attached hydrogens (tertiary/aromatic N) is 2. The van der Waals surface area contributed by atoms with Gasteiger partial charge in [0, 0.05) is 50.4 Å². The van der Waals surface area contributed by atoms with E-state index in [0.717, 1.165) is 43.1 Å². The first-order valence-corrected chi connectivity index (χ1v) is 10.3. The lowest BCUT2D eigenvalue weighted by atomic mass is 9.95. The predicted molar refractivity (Wildman–Crippen MR) is 121 cm³/mol. The molecule has 0 radical (unpaired) electrons. The fourth-order valence-electron chi connectivity index (χ4n) is 3.85. The Morgan fingerprint density at radius 3 is 2.42 bits per heavy atom. The van der Waals surface area contributed by atoms with Gasteiger partial charge < -0.3 is 20.6 Å². The van der Waals surface area contributed by atoms with Crippen molar-refractivity contribution >= 4 is 17.4 Å². The third-order valence-electron chi connectivity index (χ3n) is 5.34. The van der Waals surface area contributed by atoms with E-state index in [4.69, 9.17) is 0 Å². The highest BCUT2D eigenvalue weighted by molar-refractivity contribution is 5.90. The predicted octanol–water partition coefficient (Wildman–Crippen LogP) is 3.94. The van der Waals surface area contributed by atoms with Crippen LogP contribution in [0.15, 0.2) is 48.7 Å². The standard InChI is InChI=1S/C24H25FN4O2/c1-15-11-19(17-3-4-22(21(25)13-17)28-16(2)30)24(31)20(12-15)18-5-6-27-23(14-18)29-9-7-26-8-10-29/h3-6,11-14,26,31H,7-10H2,1-2H3,(H,28,30). The molecule has 3 N–H and O–H groups in total. The molecular formula is C24H25FN4O2. The number of aromatic nitrogens is 1. The number of nitrogens with one attached hydrogen (secondary N) is 2. The van der Waals surface area contributed by atoms with Crippen LogP contribution in [-0.4, -0.2) is 42.2 Å². The zero-order valence-corrected chi connectivity index (χ0v) is 17.6. The maximum Gasteiger partial charge on any atom is 0.221 e. The molecule has 3 aromatic rings. The summed E-state index contributed by atoms with van der Waals surface area (Å²) in [5.74, 6) is 0.0484. The quantitative estimate of drug-likeness (QED) is 0.596. The first-order chi connectivity index (χ1) is 14.9. The maximum absolute atomic E-state index is 14.5. The number of carbonyl (C=O) groups excluding carboxylic acids is 1. The number of hydrogen-bond acceptors (Lipinski definition) is 5. The minimum atomic E-state index is -0.555. The number of halogens is 1. The second kappa shape index (κ2) is 8.73. The van der Waals surface area contributed by atoms with E-state index < -0.39 is 5.82 Å². The fraction of sp³-hybridized carbons (Fsp3) is 0.250. The van der Waals surface area contributed by atoms with Gasteiger partial charge in [-0.25, -0.2) is 9.37 Å². The molecule has 1 aromatic heterocycles. The fourth-order valence-corrected chi connectivity index (χ4v) is 3.85. The van der Waals surface area contributed by atoms with Crippen molar-refractivity contribution in [3.8, 4) is 28.0 Å². The molecule has 7 heteroatoms. The van der Waals surface area contributed by atoms with Crippen molar-refractivity contribution in [2.45, 2.75) is 13.8 Å². The molecule has 4 rings (SSSR count). The molecule has 31 heavy (non-hydrogen) atoms. The third-order valence-corrected chi connectivity index (χ3v) is 5.34. The van der Waals surface area contributed by atoms with E-state index in [1.807, 2.05) is 31.2 Å². The number of hydrogen-bond donors (Lipinski definition) is 3. The average molecular weight is 420 g/mol. The molecule has 2 heterocycles. The van der Waals surface area contributed by atoms with Crippen LogP contribution in [0.25, 0.3) is 22.3 Å². The first kappa shape index (κ1) is 20.8. The SMILES string of the molecule is CC(=O)Nc1ccc(-c2cc(C)cc(-c3ccnc(N4CCNCC4)c3)c2O)cc1F. The summed E-state index contributed by atoms with van der Waals surface area (Å²) < 4.78 is 14.5. The number of amides is 1. The van der Waals surface area contributed by atoms with E-state index in [1.54, 1.807) is 12.3 Å². The average Bonchev–Trinajstić information content (AvgIpc) is 2.77. The molecule has 0 unspecified atom stereocenters. The Labute approximate surface area is 180 Å². The molecule has 0 saturated carbocycles. The van der Waals surface area contributed by atoms with Crippen molar-refractivity contribution in [2.24, 2.45) is 0 Å². The van der Waals surface area contributed by atoms with Crippen LogP contribution in [0, 0.1) is 12.7 Å². The minimum Gasteiger partial charge on any atom is -0.507 e. The van der Waals surface area contributed by atoms with Gasteiger partial charge in [0.2, 0.25) is 5.91 Å². The first-order valence-electron chi connectivity index (χ1n) is 10.3. The molecule has 0 bridgehead atoms. The third kappa shape index (κ3) is 4.51. The van der Waals surface area contributed by atoms with Crippen LogP contribution in [0.3, 0.4) is 0 Å². The summed E-state index contributed by atoms with van der Waals surface area (Å²) in [5.41, 5.74) is 3.63. The van der Waals surface area contributed by atoms with Gasteiger partial charge in [-0.2, -0.15) is 0 Å². The lowest BCUT2D eigenvalue weighted by Crippen LogP contribution is -2.43. The number of phenols is 1. The number of rotatable bonds is 4. The normalized spacial score (nSPS) is 13.8. The number of benzene rings is 2. The van der Waals surface area contributed by atoms with Gasteiger partial charge in [0.1, 0.15) is 17.4 Å². The molecule has 1 amide bonds. The number of anilines is 2. The van der Waals surface area contributed by atoms with Crippen LogP contribution in [-0.2, 0) is 4.79 Å². The number of carbonyl (C=O) groups is 1. The smallest absolute Gasteiger partial charge is 0.221 e. The maximum atomic E-state index is 14.5. The highest BCUT2D eigenvalue weighted by Gasteiger charge is 2.17. The summed E-state index contributed by atoms with van der Waals surface area (Å²) >= 11 is 0. The molecule has 1 aliphatic rings. The second-order valence-electron chi connectivity index (χ2n) is 7.72. The molecule has 1 aliphatic heterocycles. The summed E-state index contributed by atoms with van der Waals surface area (Å²) in [6.45, 7) is 6.84. The van der Waals surface area contributed by atoms with E-state index in [1.165, 1.54) is 19.1 Å². The summed E-state index contributed by atoms with van der Waals surface area (Å²) in [5, 5.41) is 16.9. The lowest BCUT2D eigenvalue weighted by molar-refractivity contribution is -0.114. The van der Waals surface area contributed by atoms with Crippen LogP contribution < -0.4 is 15.5 Å². The minimum absolute atomic E-state index is 0.0785. The summed E-state index contributed by atoms with van der Waals surface area (Å²) in [7, 11) is 0. The highest BCUT2D eigenvalue weighted by atomic mass is 19.1. The molecule has 0 aliphatic carbocycles. The molecule has 0 atom stereocenters. The number of aromatic hydroxyl groups is 1. The zero-order chi connectivity index (χ0) is 22.0. The number of piperazine rings is 1. The van der Waals surface area contributed by atoms with Crippen LogP contribution in [0.4, 0.5) is 15.9 Å². The molecule has 1 saturated heterocycles. The van der Waals surface area contributed by atoms with Crippen molar-refractivity contribution in [3.05, 3.63) is 60.0 Å². The Balaban J connectivity index is 1.73. The van der Waals surface area contributed by atoms with Gasteiger partial charge in [-0.15, -0.1) is 0 Å². The lowest BCUT2D eigenvalue weighted by Gasteiger charge is -2.28. The number of aryl methyl sites for hydroxylation is 1. The van der Waals surface area contributed by atoms with Crippen molar-refractivity contribution in [1.29, 1.82) is 0 Å². The summed E-state index contributed by atoms with van der Waals surface area (Å²) in [4.78, 5) is 17.9. The second-order valence-corrected chi connectivity index (χ2v) is 7.72. The Hall–Kier alpha value is -3.45. The van der Waals surface area contributed by atoms with E-state index in [-0.39, 0.29) is 17.3 Å². The molecular weight excluding hydrogens is 395 g/mol. The van der Waals surface area contributed by atoms with Gasteiger partial charge in [-0.3, -0.25) is 4.79 Å². The Bertz CT molecular complexity index is 1130. The van der Waals surface area contributed by atoms with Gasteiger partial charge in [0.15, 0.2) is 0 Å². The van der Waals surface area contributed by atoms with Crippen LogP contribution >= 0.6 is 0 Å². The topological polar surface area (TPSA) is 77.5 Å². The Morgan fingerprint density at radius 2 is 1.77 bits per heavy atom. The summed E-state index contributed by atoms with van der Waals surface area (Å²) in [6.07, 6.45) is 1.75. The molecule has 2 aromatic carbocycles. The van der Waals surface area contributed by atoms with Crippen molar-refractivity contribution in [2.75, 3.05) is 36.4 Å². The van der Waals surface area contributed by atoms with Crippen LogP contribution in [0.5, 0.6) is 5.75 Å². The van der Waals surface area contributed by atoms with E-state index in [9.17, 15) is 14.3 Å².